The number of amides is 1. The van der Waals surface area contributed by atoms with E-state index in [1.54, 1.807) is 0 Å². The fourth-order valence-electron chi connectivity index (χ4n) is 2.91. The van der Waals surface area contributed by atoms with Crippen molar-refractivity contribution in [1.82, 2.24) is 10.2 Å². The number of benzene rings is 2. The molecule has 4 nitrogen and oxygen atoms in total. The standard InChI is InChI=1S/C20H24N2O2/c23-20-10-13-22(14-12-21-20)16-18-8-4-5-9-19(18)24-15-11-17-6-2-1-3-7-17/h1-9H,10-16H2,(H,21,23). The van der Waals surface area contributed by atoms with Crippen LogP contribution < -0.4 is 10.1 Å². The van der Waals surface area contributed by atoms with Crippen molar-refractivity contribution >= 4 is 5.91 Å². The van der Waals surface area contributed by atoms with E-state index in [-0.39, 0.29) is 5.91 Å². The summed E-state index contributed by atoms with van der Waals surface area (Å²) >= 11 is 0. The highest BCUT2D eigenvalue weighted by Crippen LogP contribution is 2.20. The Hall–Kier alpha value is -2.33. The molecule has 0 radical (unpaired) electrons. The van der Waals surface area contributed by atoms with E-state index in [0.29, 0.717) is 13.0 Å². The van der Waals surface area contributed by atoms with Crippen molar-refractivity contribution in [1.29, 1.82) is 0 Å². The summed E-state index contributed by atoms with van der Waals surface area (Å²) in [5, 5.41) is 2.92. The molecule has 0 atom stereocenters. The zero-order chi connectivity index (χ0) is 16.6. The fraction of sp³-hybridized carbons (Fsp3) is 0.350. The number of nitrogens with zero attached hydrogens (tertiary/aromatic N) is 1. The average molecular weight is 324 g/mol. The van der Waals surface area contributed by atoms with Gasteiger partial charge in [-0.2, -0.15) is 0 Å². The van der Waals surface area contributed by atoms with Crippen molar-refractivity contribution in [2.75, 3.05) is 26.2 Å². The van der Waals surface area contributed by atoms with Crippen LogP contribution in [-0.2, 0) is 17.8 Å². The average Bonchev–Trinajstić information content (AvgIpc) is 2.82. The lowest BCUT2D eigenvalue weighted by atomic mass is 10.1. The molecule has 0 saturated carbocycles. The number of carbonyl (C=O) groups excluding carboxylic acids is 1. The van der Waals surface area contributed by atoms with Gasteiger partial charge in [0.25, 0.3) is 0 Å². The Balaban J connectivity index is 1.57. The molecule has 1 heterocycles. The number of hydrogen-bond donors (Lipinski definition) is 1. The van der Waals surface area contributed by atoms with Crippen LogP contribution in [0.3, 0.4) is 0 Å². The van der Waals surface area contributed by atoms with Crippen LogP contribution in [0.2, 0.25) is 0 Å². The minimum atomic E-state index is 0.143. The molecule has 1 aliphatic heterocycles. The maximum Gasteiger partial charge on any atom is 0.221 e. The molecule has 24 heavy (non-hydrogen) atoms. The molecule has 2 aromatic rings. The highest BCUT2D eigenvalue weighted by Gasteiger charge is 2.15. The Morgan fingerprint density at radius 2 is 1.79 bits per heavy atom. The SMILES string of the molecule is O=C1CCN(Cc2ccccc2OCCc2ccccc2)CCN1. The van der Waals surface area contributed by atoms with Gasteiger partial charge < -0.3 is 10.1 Å². The maximum atomic E-state index is 11.5. The fourth-order valence-corrected chi connectivity index (χ4v) is 2.91. The maximum absolute atomic E-state index is 11.5. The quantitative estimate of drug-likeness (QED) is 0.888. The van der Waals surface area contributed by atoms with Gasteiger partial charge in [0.05, 0.1) is 6.61 Å². The van der Waals surface area contributed by atoms with Crippen molar-refractivity contribution in [3.05, 3.63) is 65.7 Å². The minimum Gasteiger partial charge on any atom is -0.493 e. The molecule has 1 amide bonds. The van der Waals surface area contributed by atoms with Crippen molar-refractivity contribution in [2.45, 2.75) is 19.4 Å². The van der Waals surface area contributed by atoms with Crippen molar-refractivity contribution in [3.8, 4) is 5.75 Å². The van der Waals surface area contributed by atoms with Crippen molar-refractivity contribution < 1.29 is 9.53 Å². The third-order valence-electron chi connectivity index (χ3n) is 4.26. The number of nitrogens with one attached hydrogen (secondary N) is 1. The normalized spacial score (nSPS) is 15.6. The largest absolute Gasteiger partial charge is 0.493 e. The van der Waals surface area contributed by atoms with E-state index in [0.717, 1.165) is 38.3 Å². The summed E-state index contributed by atoms with van der Waals surface area (Å²) in [6.07, 6.45) is 1.47. The Kier molecular flexibility index (Phi) is 5.85. The van der Waals surface area contributed by atoms with Crippen LogP contribution in [0.25, 0.3) is 0 Å². The monoisotopic (exact) mass is 324 g/mol. The summed E-state index contributed by atoms with van der Waals surface area (Å²) in [6, 6.07) is 18.6. The summed E-state index contributed by atoms with van der Waals surface area (Å²) in [4.78, 5) is 13.8. The molecule has 0 spiro atoms. The summed E-state index contributed by atoms with van der Waals surface area (Å²) in [5.74, 6) is 1.09. The van der Waals surface area contributed by atoms with Crippen LogP contribution in [-0.4, -0.2) is 37.0 Å². The number of para-hydroxylation sites is 1. The molecule has 1 aliphatic rings. The van der Waals surface area contributed by atoms with Crippen LogP contribution in [0.5, 0.6) is 5.75 Å². The molecule has 1 fully saturated rings. The van der Waals surface area contributed by atoms with Gasteiger partial charge in [-0.3, -0.25) is 9.69 Å². The predicted molar refractivity (Wildman–Crippen MR) is 95.0 cm³/mol. The molecule has 126 valence electrons. The van der Waals surface area contributed by atoms with E-state index in [1.807, 2.05) is 24.3 Å². The minimum absolute atomic E-state index is 0.143. The number of ether oxygens (including phenoxy) is 1. The van der Waals surface area contributed by atoms with Crippen LogP contribution >= 0.6 is 0 Å². The van der Waals surface area contributed by atoms with Gasteiger partial charge in [-0.05, 0) is 11.6 Å². The molecule has 3 rings (SSSR count). The van der Waals surface area contributed by atoms with Gasteiger partial charge in [-0.1, -0.05) is 48.5 Å². The van der Waals surface area contributed by atoms with Crippen LogP contribution in [0.4, 0.5) is 0 Å². The molecule has 2 aromatic carbocycles. The second-order valence-electron chi connectivity index (χ2n) is 6.07. The van der Waals surface area contributed by atoms with E-state index in [4.69, 9.17) is 4.74 Å². The summed E-state index contributed by atoms with van der Waals surface area (Å²) in [7, 11) is 0. The van der Waals surface area contributed by atoms with E-state index < -0.39 is 0 Å². The topological polar surface area (TPSA) is 41.6 Å². The molecule has 1 N–H and O–H groups in total. The lowest BCUT2D eigenvalue weighted by Gasteiger charge is -2.21. The Morgan fingerprint density at radius 3 is 2.67 bits per heavy atom. The van der Waals surface area contributed by atoms with Crippen molar-refractivity contribution in [2.24, 2.45) is 0 Å². The van der Waals surface area contributed by atoms with Gasteiger partial charge in [0.15, 0.2) is 0 Å². The van der Waals surface area contributed by atoms with Gasteiger partial charge in [0.2, 0.25) is 5.91 Å². The van der Waals surface area contributed by atoms with Crippen LogP contribution in [0.1, 0.15) is 17.5 Å². The number of rotatable bonds is 6. The highest BCUT2D eigenvalue weighted by atomic mass is 16.5. The molecular formula is C20H24N2O2. The zero-order valence-corrected chi connectivity index (χ0v) is 13.9. The van der Waals surface area contributed by atoms with Gasteiger partial charge >= 0.3 is 0 Å². The lowest BCUT2D eigenvalue weighted by molar-refractivity contribution is -0.120. The van der Waals surface area contributed by atoms with E-state index in [1.165, 1.54) is 11.1 Å². The molecule has 0 unspecified atom stereocenters. The molecule has 0 aromatic heterocycles. The lowest BCUT2D eigenvalue weighted by Crippen LogP contribution is -2.28. The second kappa shape index (κ2) is 8.50. The van der Waals surface area contributed by atoms with Crippen LogP contribution in [0.15, 0.2) is 54.6 Å². The van der Waals surface area contributed by atoms with E-state index in [9.17, 15) is 4.79 Å². The van der Waals surface area contributed by atoms with Crippen molar-refractivity contribution in [3.63, 3.8) is 0 Å². The van der Waals surface area contributed by atoms with E-state index >= 15 is 0 Å². The molecule has 4 heteroatoms. The Bertz CT molecular complexity index is 658. The summed E-state index contributed by atoms with van der Waals surface area (Å²) in [6.45, 7) is 3.88. The predicted octanol–water partition coefficient (Wildman–Crippen LogP) is 2.63. The second-order valence-corrected chi connectivity index (χ2v) is 6.07. The van der Waals surface area contributed by atoms with Crippen LogP contribution in [0, 0.1) is 0 Å². The Labute approximate surface area is 143 Å². The third-order valence-corrected chi connectivity index (χ3v) is 4.26. The zero-order valence-electron chi connectivity index (χ0n) is 13.9. The number of carbonyl (C=O) groups is 1. The van der Waals surface area contributed by atoms with Gasteiger partial charge in [-0.15, -0.1) is 0 Å². The Morgan fingerprint density at radius 1 is 1.00 bits per heavy atom. The molecule has 0 aliphatic carbocycles. The summed E-state index contributed by atoms with van der Waals surface area (Å²) < 4.78 is 6.03. The van der Waals surface area contributed by atoms with Gasteiger partial charge in [-0.25, -0.2) is 0 Å². The smallest absolute Gasteiger partial charge is 0.221 e. The first-order valence-corrected chi connectivity index (χ1v) is 8.55. The summed E-state index contributed by atoms with van der Waals surface area (Å²) in [5.41, 5.74) is 2.46. The highest BCUT2D eigenvalue weighted by molar-refractivity contribution is 5.76. The number of hydrogen-bond acceptors (Lipinski definition) is 3. The van der Waals surface area contributed by atoms with E-state index in [2.05, 4.69) is 40.5 Å². The first kappa shape index (κ1) is 16.5. The molecule has 1 saturated heterocycles. The van der Waals surface area contributed by atoms with Gasteiger partial charge in [0, 0.05) is 44.6 Å². The first-order valence-electron chi connectivity index (χ1n) is 8.55. The molecule has 0 bridgehead atoms. The van der Waals surface area contributed by atoms with Gasteiger partial charge in [0.1, 0.15) is 5.75 Å². The first-order chi connectivity index (χ1) is 11.8. The third kappa shape index (κ3) is 4.83. The molecular weight excluding hydrogens is 300 g/mol.